The van der Waals surface area contributed by atoms with E-state index in [2.05, 4.69) is 17.7 Å². The van der Waals surface area contributed by atoms with E-state index in [1.807, 2.05) is 42.6 Å². The topological polar surface area (TPSA) is 58.7 Å². The minimum atomic E-state index is -0.303. The Morgan fingerprint density at radius 3 is 2.45 bits per heavy atom. The van der Waals surface area contributed by atoms with Crippen LogP contribution in [0.25, 0.3) is 0 Å². The van der Waals surface area contributed by atoms with E-state index in [1.165, 1.54) is 28.5 Å². The van der Waals surface area contributed by atoms with Crippen LogP contribution >= 0.6 is 24.0 Å². The first-order chi connectivity index (χ1) is 14.0. The number of rotatable bonds is 3. The summed E-state index contributed by atoms with van der Waals surface area (Å²) in [6, 6.07) is 17.0. The molecule has 4 nitrogen and oxygen atoms in total. The van der Waals surface area contributed by atoms with Gasteiger partial charge in [0, 0.05) is 12.1 Å². The number of halogens is 1. The fourth-order valence-corrected chi connectivity index (χ4v) is 3.66. The van der Waals surface area contributed by atoms with Gasteiger partial charge in [-0.15, -0.1) is 11.3 Å². The molecular weight excluding hydrogens is 405 g/mol. The van der Waals surface area contributed by atoms with Crippen LogP contribution in [0.5, 0.6) is 0 Å². The van der Waals surface area contributed by atoms with E-state index in [1.54, 1.807) is 18.2 Å². The van der Waals surface area contributed by atoms with Gasteiger partial charge in [0.15, 0.2) is 0 Å². The lowest BCUT2D eigenvalue weighted by molar-refractivity contribution is 0.0716. The number of nitrogens with two attached hydrogens (primary N) is 1. The Hall–Kier alpha value is -2.64. The van der Waals surface area contributed by atoms with Crippen molar-refractivity contribution in [3.63, 3.8) is 0 Å². The van der Waals surface area contributed by atoms with Crippen LogP contribution in [0.4, 0.5) is 10.1 Å². The number of hydrogen-bond acceptors (Lipinski definition) is 5. The largest absolute Gasteiger partial charge is 0.399 e. The Balaban J connectivity index is 0.000000755. The van der Waals surface area contributed by atoms with Gasteiger partial charge in [0.25, 0.3) is 5.91 Å². The molecule has 1 atom stereocenters. The fraction of sp³-hybridized carbons (Fsp3) is 0.182. The van der Waals surface area contributed by atoms with Crippen molar-refractivity contribution >= 4 is 41.3 Å². The number of carbonyl (C=O) groups is 1. The molecule has 1 amide bonds. The van der Waals surface area contributed by atoms with Crippen molar-refractivity contribution in [1.82, 2.24) is 5.01 Å². The third kappa shape index (κ3) is 5.05. The van der Waals surface area contributed by atoms with Crippen LogP contribution in [0.15, 0.2) is 71.1 Å². The molecule has 150 valence electrons. The van der Waals surface area contributed by atoms with E-state index in [9.17, 15) is 9.18 Å². The fourth-order valence-electron chi connectivity index (χ4n) is 3.01. The number of nitrogen functional groups attached to an aromatic ring is 1. The van der Waals surface area contributed by atoms with Gasteiger partial charge in [-0.2, -0.15) is 17.7 Å². The highest BCUT2D eigenvalue weighted by Crippen LogP contribution is 2.34. The minimum Gasteiger partial charge on any atom is -0.399 e. The van der Waals surface area contributed by atoms with Gasteiger partial charge in [0.1, 0.15) is 5.82 Å². The monoisotopic (exact) mass is 427 g/mol. The van der Waals surface area contributed by atoms with Crippen molar-refractivity contribution in [3.8, 4) is 0 Å². The van der Waals surface area contributed by atoms with Gasteiger partial charge >= 0.3 is 0 Å². The van der Waals surface area contributed by atoms with Crippen molar-refractivity contribution in [1.29, 1.82) is 0 Å². The molecule has 0 saturated heterocycles. The molecule has 1 aliphatic heterocycles. The minimum absolute atomic E-state index is 0.153. The lowest BCUT2D eigenvalue weighted by Crippen LogP contribution is -2.26. The maximum absolute atomic E-state index is 13.3. The summed E-state index contributed by atoms with van der Waals surface area (Å²) in [6.07, 6.45) is 0.562. The number of thiophene rings is 1. The Labute approximate surface area is 179 Å². The van der Waals surface area contributed by atoms with Crippen LogP contribution in [0.2, 0.25) is 0 Å². The van der Waals surface area contributed by atoms with E-state index in [0.29, 0.717) is 17.0 Å². The molecular formula is C22H22FN3OS2. The molecule has 1 unspecified atom stereocenters. The molecule has 29 heavy (non-hydrogen) atoms. The van der Waals surface area contributed by atoms with Crippen molar-refractivity contribution in [2.45, 2.75) is 19.4 Å². The Kier molecular flexibility index (Phi) is 7.06. The Morgan fingerprint density at radius 2 is 1.86 bits per heavy atom. The third-order valence-electron chi connectivity index (χ3n) is 4.35. The molecule has 1 aromatic heterocycles. The number of benzene rings is 2. The lowest BCUT2D eigenvalue weighted by Gasteiger charge is -2.21. The van der Waals surface area contributed by atoms with E-state index in [4.69, 9.17) is 5.73 Å². The number of thiol groups is 1. The third-order valence-corrected chi connectivity index (χ3v) is 5.21. The molecule has 0 aliphatic carbocycles. The van der Waals surface area contributed by atoms with E-state index in [-0.39, 0.29) is 17.8 Å². The molecule has 2 heterocycles. The molecule has 7 heteroatoms. The molecule has 0 spiro atoms. The van der Waals surface area contributed by atoms with Crippen LogP contribution in [0.1, 0.15) is 40.2 Å². The maximum atomic E-state index is 13.3. The van der Waals surface area contributed by atoms with E-state index < -0.39 is 0 Å². The number of nitrogens with zero attached hydrogens (tertiary/aromatic N) is 2. The maximum Gasteiger partial charge on any atom is 0.284 e. The molecule has 0 saturated carbocycles. The summed E-state index contributed by atoms with van der Waals surface area (Å²) in [7, 11) is 0. The van der Waals surface area contributed by atoms with Gasteiger partial charge in [0.2, 0.25) is 0 Å². The van der Waals surface area contributed by atoms with Gasteiger partial charge in [-0.3, -0.25) is 4.79 Å². The standard InChI is InChI=1S/C20H16FN3OS.C2H6S/c21-15-7-3-14(4-8-15)18-12-17(13-5-9-16(22)10-6-13)23-24(18)20(25)19-2-1-11-26-19;1-2-3/h1-11,18H,12,22H2;3H,2H2,1H3. The van der Waals surface area contributed by atoms with Gasteiger partial charge < -0.3 is 5.73 Å². The summed E-state index contributed by atoms with van der Waals surface area (Å²) in [5, 5.41) is 7.96. The first kappa shape index (κ1) is 21.1. The van der Waals surface area contributed by atoms with E-state index >= 15 is 0 Å². The zero-order valence-corrected chi connectivity index (χ0v) is 17.7. The zero-order chi connectivity index (χ0) is 20.8. The highest BCUT2D eigenvalue weighted by Gasteiger charge is 2.34. The van der Waals surface area contributed by atoms with Crippen molar-refractivity contribution in [2.24, 2.45) is 5.10 Å². The number of anilines is 1. The molecule has 3 aromatic rings. The first-order valence-electron chi connectivity index (χ1n) is 9.20. The highest BCUT2D eigenvalue weighted by molar-refractivity contribution is 7.80. The second-order valence-electron chi connectivity index (χ2n) is 6.38. The van der Waals surface area contributed by atoms with Crippen LogP contribution in [0, 0.1) is 5.82 Å². The molecule has 0 radical (unpaired) electrons. The number of hydrogen-bond donors (Lipinski definition) is 2. The second kappa shape index (κ2) is 9.71. The quantitative estimate of drug-likeness (QED) is 0.434. The molecule has 2 N–H and O–H groups in total. The predicted molar refractivity (Wildman–Crippen MR) is 121 cm³/mol. The predicted octanol–water partition coefficient (Wildman–Crippen LogP) is 5.40. The number of amides is 1. The summed E-state index contributed by atoms with van der Waals surface area (Å²) in [5.41, 5.74) is 9.02. The van der Waals surface area contributed by atoms with Crippen LogP contribution in [-0.2, 0) is 0 Å². The average Bonchev–Trinajstić information content (AvgIpc) is 3.40. The van der Waals surface area contributed by atoms with E-state index in [0.717, 1.165) is 22.6 Å². The van der Waals surface area contributed by atoms with Gasteiger partial charge in [-0.1, -0.05) is 37.3 Å². The van der Waals surface area contributed by atoms with Crippen LogP contribution in [-0.4, -0.2) is 22.4 Å². The molecule has 4 rings (SSSR count). The Bertz CT molecular complexity index is 970. The molecule has 1 aliphatic rings. The highest BCUT2D eigenvalue weighted by atomic mass is 32.1. The van der Waals surface area contributed by atoms with Crippen LogP contribution < -0.4 is 5.73 Å². The summed E-state index contributed by atoms with van der Waals surface area (Å²) in [4.78, 5) is 13.5. The van der Waals surface area contributed by atoms with Crippen LogP contribution in [0.3, 0.4) is 0 Å². The van der Waals surface area contributed by atoms with Crippen molar-refractivity contribution in [2.75, 3.05) is 11.5 Å². The molecule has 0 fully saturated rings. The molecule has 0 bridgehead atoms. The first-order valence-corrected chi connectivity index (χ1v) is 10.7. The normalized spacial score (nSPS) is 15.5. The summed E-state index contributed by atoms with van der Waals surface area (Å²) in [6.45, 7) is 1.99. The smallest absolute Gasteiger partial charge is 0.284 e. The van der Waals surface area contributed by atoms with Gasteiger partial charge in [-0.25, -0.2) is 9.40 Å². The SMILES string of the molecule is CCS.Nc1ccc(C2=NN(C(=O)c3cccs3)C(c3ccc(F)cc3)C2)cc1. The average molecular weight is 428 g/mol. The number of carbonyl (C=O) groups excluding carboxylic acids is 1. The number of hydrazone groups is 1. The molecule has 2 aromatic carbocycles. The summed E-state index contributed by atoms with van der Waals surface area (Å²) < 4.78 is 13.3. The van der Waals surface area contributed by atoms with Crippen molar-refractivity contribution in [3.05, 3.63) is 87.9 Å². The second-order valence-corrected chi connectivity index (χ2v) is 7.96. The lowest BCUT2D eigenvalue weighted by atomic mass is 9.98. The van der Waals surface area contributed by atoms with Crippen molar-refractivity contribution < 1.29 is 9.18 Å². The zero-order valence-electron chi connectivity index (χ0n) is 16.0. The Morgan fingerprint density at radius 1 is 1.21 bits per heavy atom. The summed E-state index contributed by atoms with van der Waals surface area (Å²) in [5.74, 6) is 0.488. The summed E-state index contributed by atoms with van der Waals surface area (Å²) >= 11 is 5.17. The van der Waals surface area contributed by atoms with Gasteiger partial charge in [-0.05, 0) is 52.6 Å². The van der Waals surface area contributed by atoms with Gasteiger partial charge in [0.05, 0.1) is 16.6 Å².